The lowest BCUT2D eigenvalue weighted by Gasteiger charge is -2.37. The first kappa shape index (κ1) is 22.7. The number of rotatable bonds is 9. The average molecular weight is 445 g/mol. The van der Waals surface area contributed by atoms with Gasteiger partial charge in [0.1, 0.15) is 5.75 Å². The van der Waals surface area contributed by atoms with Crippen molar-refractivity contribution in [3.63, 3.8) is 0 Å². The third-order valence-corrected chi connectivity index (χ3v) is 6.24. The number of amides is 1. The standard InChI is InChI=1S/C27H32N4O2/c1-33-26-14-8-5-9-22(26)21-31(25-13-7-6-12-24(25)27(28)32)20-17-29-15-18-30(19-16-29)23-10-3-2-4-11-23/h2-14H,15-21H2,1H3,(H2,28,32). The number of para-hydroxylation sites is 3. The number of nitrogens with zero attached hydrogens (tertiary/aromatic N) is 3. The van der Waals surface area contributed by atoms with Gasteiger partial charge in [-0.15, -0.1) is 0 Å². The highest BCUT2D eigenvalue weighted by Crippen LogP contribution is 2.26. The van der Waals surface area contributed by atoms with Crippen molar-refractivity contribution in [2.24, 2.45) is 5.73 Å². The van der Waals surface area contributed by atoms with Crippen molar-refractivity contribution in [1.29, 1.82) is 0 Å². The van der Waals surface area contributed by atoms with Crippen LogP contribution in [0.2, 0.25) is 0 Å². The summed E-state index contributed by atoms with van der Waals surface area (Å²) in [6, 6.07) is 26.2. The zero-order valence-electron chi connectivity index (χ0n) is 19.2. The number of hydrogen-bond acceptors (Lipinski definition) is 5. The fraction of sp³-hybridized carbons (Fsp3) is 0.296. The predicted octanol–water partition coefficient (Wildman–Crippen LogP) is 3.62. The van der Waals surface area contributed by atoms with Crippen molar-refractivity contribution in [3.8, 4) is 5.75 Å². The molecule has 0 aromatic heterocycles. The third kappa shape index (κ3) is 5.65. The number of benzene rings is 3. The summed E-state index contributed by atoms with van der Waals surface area (Å²) in [7, 11) is 1.69. The summed E-state index contributed by atoms with van der Waals surface area (Å²) in [6.07, 6.45) is 0. The molecule has 1 aliphatic rings. The summed E-state index contributed by atoms with van der Waals surface area (Å²) in [5, 5.41) is 0. The second kappa shape index (κ2) is 10.9. The number of methoxy groups -OCH3 is 1. The van der Waals surface area contributed by atoms with Crippen molar-refractivity contribution in [2.45, 2.75) is 6.54 Å². The van der Waals surface area contributed by atoms with Gasteiger partial charge in [-0.05, 0) is 30.3 Å². The second-order valence-corrected chi connectivity index (χ2v) is 8.28. The molecule has 0 radical (unpaired) electrons. The van der Waals surface area contributed by atoms with Crippen LogP contribution < -0.4 is 20.3 Å². The molecule has 1 fully saturated rings. The van der Waals surface area contributed by atoms with E-state index in [1.165, 1.54) is 5.69 Å². The van der Waals surface area contributed by atoms with E-state index in [2.05, 4.69) is 51.1 Å². The number of piperazine rings is 1. The number of carbonyl (C=O) groups excluding carboxylic acids is 1. The van der Waals surface area contributed by atoms with E-state index in [0.717, 1.165) is 56.3 Å². The van der Waals surface area contributed by atoms with Gasteiger partial charge >= 0.3 is 0 Å². The van der Waals surface area contributed by atoms with Crippen LogP contribution in [-0.2, 0) is 6.54 Å². The van der Waals surface area contributed by atoms with Crippen LogP contribution in [0.4, 0.5) is 11.4 Å². The van der Waals surface area contributed by atoms with E-state index in [1.807, 2.05) is 36.4 Å². The Morgan fingerprint density at radius 2 is 1.58 bits per heavy atom. The molecule has 3 aromatic rings. The number of carbonyl (C=O) groups is 1. The van der Waals surface area contributed by atoms with Crippen molar-refractivity contribution < 1.29 is 9.53 Å². The Labute approximate surface area is 196 Å². The van der Waals surface area contributed by atoms with E-state index >= 15 is 0 Å². The van der Waals surface area contributed by atoms with Crippen LogP contribution in [0.1, 0.15) is 15.9 Å². The number of anilines is 2. The van der Waals surface area contributed by atoms with Gasteiger partial charge in [0.2, 0.25) is 0 Å². The maximum absolute atomic E-state index is 12.1. The molecule has 33 heavy (non-hydrogen) atoms. The first-order valence-electron chi connectivity index (χ1n) is 11.4. The number of primary amides is 1. The maximum Gasteiger partial charge on any atom is 0.250 e. The quantitative estimate of drug-likeness (QED) is 0.546. The molecule has 3 aromatic carbocycles. The fourth-order valence-electron chi connectivity index (χ4n) is 4.41. The first-order valence-corrected chi connectivity index (χ1v) is 11.4. The van der Waals surface area contributed by atoms with Crippen LogP contribution >= 0.6 is 0 Å². The van der Waals surface area contributed by atoms with Crippen LogP contribution in [-0.4, -0.2) is 57.2 Å². The molecule has 0 spiro atoms. The lowest BCUT2D eigenvalue weighted by atomic mass is 10.1. The zero-order valence-corrected chi connectivity index (χ0v) is 19.2. The van der Waals surface area contributed by atoms with Gasteiger partial charge in [-0.25, -0.2) is 0 Å². The summed E-state index contributed by atoms with van der Waals surface area (Å²) < 4.78 is 5.57. The molecule has 1 amide bonds. The van der Waals surface area contributed by atoms with Crippen LogP contribution in [0, 0.1) is 0 Å². The van der Waals surface area contributed by atoms with E-state index < -0.39 is 5.91 Å². The highest BCUT2D eigenvalue weighted by Gasteiger charge is 2.20. The van der Waals surface area contributed by atoms with Crippen molar-refractivity contribution in [2.75, 3.05) is 56.2 Å². The molecule has 1 saturated heterocycles. The zero-order chi connectivity index (χ0) is 23.0. The van der Waals surface area contributed by atoms with Gasteiger partial charge in [0, 0.05) is 62.8 Å². The largest absolute Gasteiger partial charge is 0.496 e. The smallest absolute Gasteiger partial charge is 0.250 e. The molecular weight excluding hydrogens is 412 g/mol. The summed E-state index contributed by atoms with van der Waals surface area (Å²) in [5.74, 6) is 0.433. The van der Waals surface area contributed by atoms with Crippen LogP contribution in [0.3, 0.4) is 0 Å². The maximum atomic E-state index is 12.1. The average Bonchev–Trinajstić information content (AvgIpc) is 2.87. The van der Waals surface area contributed by atoms with Crippen molar-refractivity contribution in [1.82, 2.24) is 4.90 Å². The fourth-order valence-corrected chi connectivity index (χ4v) is 4.41. The third-order valence-electron chi connectivity index (χ3n) is 6.24. The SMILES string of the molecule is COc1ccccc1CN(CCN1CCN(c2ccccc2)CC1)c1ccccc1C(N)=O. The van der Waals surface area contributed by atoms with E-state index in [9.17, 15) is 4.79 Å². The molecule has 0 aliphatic carbocycles. The second-order valence-electron chi connectivity index (χ2n) is 8.28. The van der Waals surface area contributed by atoms with Crippen molar-refractivity contribution >= 4 is 17.3 Å². The molecule has 0 bridgehead atoms. The van der Waals surface area contributed by atoms with E-state index in [-0.39, 0.29) is 0 Å². The minimum absolute atomic E-state index is 0.410. The molecule has 4 rings (SSSR count). The van der Waals surface area contributed by atoms with Gasteiger partial charge in [0.05, 0.1) is 12.7 Å². The molecule has 0 unspecified atom stereocenters. The molecule has 1 heterocycles. The van der Waals surface area contributed by atoms with Gasteiger partial charge in [-0.2, -0.15) is 0 Å². The molecule has 0 atom stereocenters. The number of ether oxygens (including phenoxy) is 1. The Balaban J connectivity index is 1.47. The topological polar surface area (TPSA) is 62.0 Å². The van der Waals surface area contributed by atoms with Gasteiger partial charge in [0.25, 0.3) is 5.91 Å². The summed E-state index contributed by atoms with van der Waals surface area (Å²) in [5.41, 5.74) is 9.47. The van der Waals surface area contributed by atoms with Crippen LogP contribution in [0.15, 0.2) is 78.9 Å². The van der Waals surface area contributed by atoms with E-state index in [1.54, 1.807) is 13.2 Å². The Morgan fingerprint density at radius 1 is 0.909 bits per heavy atom. The lowest BCUT2D eigenvalue weighted by molar-refractivity contribution is 0.100. The van der Waals surface area contributed by atoms with E-state index in [0.29, 0.717) is 12.1 Å². The highest BCUT2D eigenvalue weighted by molar-refractivity contribution is 5.98. The minimum atomic E-state index is -0.410. The minimum Gasteiger partial charge on any atom is -0.496 e. The molecule has 6 heteroatoms. The summed E-state index contributed by atoms with van der Waals surface area (Å²) >= 11 is 0. The van der Waals surface area contributed by atoms with Crippen LogP contribution in [0.5, 0.6) is 5.75 Å². The predicted molar refractivity (Wildman–Crippen MR) is 134 cm³/mol. The van der Waals surface area contributed by atoms with Crippen molar-refractivity contribution in [3.05, 3.63) is 90.0 Å². The molecule has 2 N–H and O–H groups in total. The molecule has 6 nitrogen and oxygen atoms in total. The van der Waals surface area contributed by atoms with E-state index in [4.69, 9.17) is 10.5 Å². The number of nitrogens with two attached hydrogens (primary N) is 1. The Hall–Kier alpha value is -3.51. The lowest BCUT2D eigenvalue weighted by Crippen LogP contribution is -2.48. The Bertz CT molecular complexity index is 1050. The monoisotopic (exact) mass is 444 g/mol. The molecule has 1 aliphatic heterocycles. The molecule has 0 saturated carbocycles. The summed E-state index contributed by atoms with van der Waals surface area (Å²) in [4.78, 5) is 19.3. The molecular formula is C27H32N4O2. The van der Waals surface area contributed by atoms with Gasteiger partial charge < -0.3 is 20.3 Å². The highest BCUT2D eigenvalue weighted by atomic mass is 16.5. The summed E-state index contributed by atoms with van der Waals surface area (Å²) in [6.45, 7) is 6.36. The number of hydrogen-bond donors (Lipinski definition) is 1. The van der Waals surface area contributed by atoms with Gasteiger partial charge in [-0.3, -0.25) is 9.69 Å². The first-order chi connectivity index (χ1) is 16.2. The Kier molecular flexibility index (Phi) is 7.47. The Morgan fingerprint density at radius 3 is 2.30 bits per heavy atom. The van der Waals surface area contributed by atoms with Crippen LogP contribution in [0.25, 0.3) is 0 Å². The van der Waals surface area contributed by atoms with Gasteiger partial charge in [-0.1, -0.05) is 48.5 Å². The molecule has 172 valence electrons. The van der Waals surface area contributed by atoms with Gasteiger partial charge in [0.15, 0.2) is 0 Å². The normalized spacial score (nSPS) is 14.2.